The molecule has 6 heteroatoms. The van der Waals surface area contributed by atoms with Gasteiger partial charge in [0, 0.05) is 17.8 Å². The fraction of sp³-hybridized carbons (Fsp3) is 0.286. The molecule has 0 unspecified atom stereocenters. The lowest BCUT2D eigenvalue weighted by Gasteiger charge is -2.08. The van der Waals surface area contributed by atoms with E-state index < -0.39 is 5.91 Å². The van der Waals surface area contributed by atoms with Crippen molar-refractivity contribution >= 4 is 34.8 Å². The van der Waals surface area contributed by atoms with Gasteiger partial charge in [-0.25, -0.2) is 0 Å². The molecule has 20 heavy (non-hydrogen) atoms. The Kier molecular flexibility index (Phi) is 6.37. The summed E-state index contributed by atoms with van der Waals surface area (Å²) in [6.45, 7) is 4.74. The van der Waals surface area contributed by atoms with Crippen LogP contribution in [0.3, 0.4) is 0 Å². The van der Waals surface area contributed by atoms with Gasteiger partial charge in [-0.15, -0.1) is 0 Å². The Hall–Kier alpha value is -1.70. The smallest absolute Gasteiger partial charge is 0.267 e. The van der Waals surface area contributed by atoms with E-state index in [2.05, 4.69) is 10.6 Å². The van der Waals surface area contributed by atoms with Crippen LogP contribution in [0, 0.1) is 17.2 Å². The highest BCUT2D eigenvalue weighted by atomic mass is 35.5. The molecule has 0 saturated carbocycles. The number of benzene rings is 1. The molecule has 0 aliphatic rings. The molecule has 0 atom stereocenters. The Morgan fingerprint density at radius 2 is 2.15 bits per heavy atom. The number of nitrogens with zero attached hydrogens (tertiary/aromatic N) is 1. The van der Waals surface area contributed by atoms with Gasteiger partial charge < -0.3 is 10.6 Å². The lowest BCUT2D eigenvalue weighted by atomic mass is 10.2. The number of hydrogen-bond acceptors (Lipinski definition) is 3. The monoisotopic (exact) mass is 311 g/mol. The number of halogens is 2. The van der Waals surface area contributed by atoms with Crippen molar-refractivity contribution < 1.29 is 4.79 Å². The Bertz CT molecular complexity index is 562. The summed E-state index contributed by atoms with van der Waals surface area (Å²) in [5.74, 6) is -0.104. The van der Waals surface area contributed by atoms with Gasteiger partial charge in [-0.2, -0.15) is 5.26 Å². The molecule has 0 bridgehead atoms. The van der Waals surface area contributed by atoms with E-state index in [1.165, 1.54) is 12.3 Å². The van der Waals surface area contributed by atoms with Crippen LogP contribution in [0.1, 0.15) is 13.8 Å². The number of amides is 1. The number of carbonyl (C=O) groups excluding carboxylic acids is 1. The molecule has 106 valence electrons. The predicted octanol–water partition coefficient (Wildman–Crippen LogP) is 3.58. The van der Waals surface area contributed by atoms with Crippen molar-refractivity contribution in [1.29, 1.82) is 5.26 Å². The van der Waals surface area contributed by atoms with E-state index in [1.807, 2.05) is 19.9 Å². The maximum atomic E-state index is 11.9. The zero-order chi connectivity index (χ0) is 15.1. The van der Waals surface area contributed by atoms with Crippen molar-refractivity contribution in [3.05, 3.63) is 40.0 Å². The third-order valence-corrected chi connectivity index (χ3v) is 2.86. The SMILES string of the molecule is CC(C)CN/C=C(/C#N)C(=O)Nc1ccc(Cl)cc1Cl. The molecule has 0 fully saturated rings. The summed E-state index contributed by atoms with van der Waals surface area (Å²) in [6.07, 6.45) is 1.40. The molecule has 1 aromatic rings. The first-order chi connectivity index (χ1) is 9.43. The van der Waals surface area contributed by atoms with Gasteiger partial charge in [0.2, 0.25) is 0 Å². The van der Waals surface area contributed by atoms with E-state index in [-0.39, 0.29) is 5.57 Å². The summed E-state index contributed by atoms with van der Waals surface area (Å²) >= 11 is 11.7. The van der Waals surface area contributed by atoms with Gasteiger partial charge in [0.1, 0.15) is 11.6 Å². The van der Waals surface area contributed by atoms with E-state index in [4.69, 9.17) is 28.5 Å². The van der Waals surface area contributed by atoms with E-state index in [9.17, 15) is 4.79 Å². The minimum atomic E-state index is -0.520. The molecular formula is C14H15Cl2N3O. The average molecular weight is 312 g/mol. The van der Waals surface area contributed by atoms with Crippen molar-refractivity contribution in [3.63, 3.8) is 0 Å². The molecule has 1 amide bonds. The summed E-state index contributed by atoms with van der Waals surface area (Å²) in [5, 5.41) is 15.3. The number of hydrogen-bond donors (Lipinski definition) is 2. The summed E-state index contributed by atoms with van der Waals surface area (Å²) in [6, 6.07) is 6.55. The van der Waals surface area contributed by atoms with Gasteiger partial charge in [0.05, 0.1) is 10.7 Å². The number of rotatable bonds is 5. The topological polar surface area (TPSA) is 64.9 Å². The fourth-order valence-electron chi connectivity index (χ4n) is 1.33. The molecule has 2 N–H and O–H groups in total. The first kappa shape index (κ1) is 16.4. The summed E-state index contributed by atoms with van der Waals surface area (Å²) < 4.78 is 0. The highest BCUT2D eigenvalue weighted by Crippen LogP contribution is 2.25. The maximum absolute atomic E-state index is 11.9. The Morgan fingerprint density at radius 1 is 1.45 bits per heavy atom. The Labute approximate surface area is 128 Å². The molecule has 0 radical (unpaired) electrons. The molecule has 1 aromatic carbocycles. The number of anilines is 1. The first-order valence-corrected chi connectivity index (χ1v) is 6.79. The van der Waals surface area contributed by atoms with Gasteiger partial charge in [-0.05, 0) is 24.1 Å². The van der Waals surface area contributed by atoms with Crippen LogP contribution in [0.5, 0.6) is 0 Å². The minimum absolute atomic E-state index is 0.0170. The Balaban J connectivity index is 2.75. The van der Waals surface area contributed by atoms with Crippen LogP contribution in [0.25, 0.3) is 0 Å². The second-order valence-electron chi connectivity index (χ2n) is 4.55. The molecule has 0 aliphatic carbocycles. The average Bonchev–Trinajstić information content (AvgIpc) is 2.37. The highest BCUT2D eigenvalue weighted by Gasteiger charge is 2.11. The largest absolute Gasteiger partial charge is 0.389 e. The molecule has 0 aromatic heterocycles. The van der Waals surface area contributed by atoms with Gasteiger partial charge in [-0.1, -0.05) is 37.0 Å². The minimum Gasteiger partial charge on any atom is -0.389 e. The zero-order valence-electron chi connectivity index (χ0n) is 11.2. The van der Waals surface area contributed by atoms with Crippen molar-refractivity contribution in [3.8, 4) is 6.07 Å². The third-order valence-electron chi connectivity index (χ3n) is 2.32. The summed E-state index contributed by atoms with van der Waals surface area (Å²) in [5.41, 5.74) is 0.391. The number of carbonyl (C=O) groups is 1. The highest BCUT2D eigenvalue weighted by molar-refractivity contribution is 6.36. The van der Waals surface area contributed by atoms with Crippen molar-refractivity contribution in [2.75, 3.05) is 11.9 Å². The van der Waals surface area contributed by atoms with Crippen LogP contribution < -0.4 is 10.6 Å². The quantitative estimate of drug-likeness (QED) is 0.645. The lowest BCUT2D eigenvalue weighted by Crippen LogP contribution is -2.19. The zero-order valence-corrected chi connectivity index (χ0v) is 12.7. The van der Waals surface area contributed by atoms with E-state index in [1.54, 1.807) is 12.1 Å². The first-order valence-electron chi connectivity index (χ1n) is 6.04. The van der Waals surface area contributed by atoms with Crippen LogP contribution >= 0.6 is 23.2 Å². The second kappa shape index (κ2) is 7.78. The molecule has 0 spiro atoms. The van der Waals surface area contributed by atoms with Gasteiger partial charge >= 0.3 is 0 Å². The molecule has 0 heterocycles. The molecule has 4 nitrogen and oxygen atoms in total. The van der Waals surface area contributed by atoms with Crippen LogP contribution in [0.2, 0.25) is 10.0 Å². The van der Waals surface area contributed by atoms with E-state index >= 15 is 0 Å². The van der Waals surface area contributed by atoms with Gasteiger partial charge in [0.25, 0.3) is 5.91 Å². The van der Waals surface area contributed by atoms with Crippen molar-refractivity contribution in [1.82, 2.24) is 5.32 Å². The molecule has 0 saturated heterocycles. The number of nitriles is 1. The van der Waals surface area contributed by atoms with Crippen LogP contribution in [-0.2, 0) is 4.79 Å². The number of nitrogens with one attached hydrogen (secondary N) is 2. The summed E-state index contributed by atoms with van der Waals surface area (Å²) in [4.78, 5) is 11.9. The van der Waals surface area contributed by atoms with Crippen LogP contribution in [0.15, 0.2) is 30.0 Å². The van der Waals surface area contributed by atoms with E-state index in [0.717, 1.165) is 0 Å². The van der Waals surface area contributed by atoms with Crippen LogP contribution in [-0.4, -0.2) is 12.5 Å². The standard InChI is InChI=1S/C14H15Cl2N3O/c1-9(2)7-18-8-10(6-17)14(20)19-13-4-3-11(15)5-12(13)16/h3-5,8-9,18H,7H2,1-2H3,(H,19,20)/b10-8-. The lowest BCUT2D eigenvalue weighted by molar-refractivity contribution is -0.112. The molecule has 0 aliphatic heterocycles. The second-order valence-corrected chi connectivity index (χ2v) is 5.39. The fourth-order valence-corrected chi connectivity index (χ4v) is 1.78. The predicted molar refractivity (Wildman–Crippen MR) is 81.6 cm³/mol. The Morgan fingerprint density at radius 3 is 2.70 bits per heavy atom. The summed E-state index contributed by atoms with van der Waals surface area (Å²) in [7, 11) is 0. The third kappa shape index (κ3) is 5.12. The maximum Gasteiger partial charge on any atom is 0.267 e. The molecular weight excluding hydrogens is 297 g/mol. The molecule has 1 rings (SSSR count). The normalized spacial score (nSPS) is 11.1. The van der Waals surface area contributed by atoms with Crippen molar-refractivity contribution in [2.24, 2.45) is 5.92 Å². The van der Waals surface area contributed by atoms with Crippen LogP contribution in [0.4, 0.5) is 5.69 Å². The van der Waals surface area contributed by atoms with Crippen molar-refractivity contribution in [2.45, 2.75) is 13.8 Å². The van der Waals surface area contributed by atoms with Gasteiger partial charge in [0.15, 0.2) is 0 Å². The van der Waals surface area contributed by atoms with E-state index in [0.29, 0.717) is 28.2 Å². The van der Waals surface area contributed by atoms with Gasteiger partial charge in [-0.3, -0.25) is 4.79 Å².